The van der Waals surface area contributed by atoms with Crippen LogP contribution in [0.25, 0.3) is 22.3 Å². The lowest BCUT2D eigenvalue weighted by Gasteiger charge is -2.13. The van der Waals surface area contributed by atoms with Gasteiger partial charge in [-0.2, -0.15) is 22.9 Å². The van der Waals surface area contributed by atoms with E-state index in [9.17, 15) is 18.0 Å². The van der Waals surface area contributed by atoms with Crippen LogP contribution < -0.4 is 15.0 Å². The molecule has 0 fully saturated rings. The van der Waals surface area contributed by atoms with Gasteiger partial charge in [0.15, 0.2) is 17.3 Å². The molecule has 1 heterocycles. The molecule has 0 aliphatic carbocycles. The van der Waals surface area contributed by atoms with Crippen molar-refractivity contribution >= 4 is 33.0 Å². The Labute approximate surface area is 212 Å². The summed E-state index contributed by atoms with van der Waals surface area (Å²) in [7, 11) is 1.45. The number of nitrogens with zero attached hydrogens (tertiary/aromatic N) is 3. The van der Waals surface area contributed by atoms with Gasteiger partial charge in [0.25, 0.3) is 5.56 Å². The van der Waals surface area contributed by atoms with E-state index >= 15 is 0 Å². The summed E-state index contributed by atoms with van der Waals surface area (Å²) < 4.78 is 52.7. The molecule has 0 unspecified atom stereocenters. The lowest BCUT2D eigenvalue weighted by atomic mass is 10.1. The second-order valence-electron chi connectivity index (χ2n) is 7.41. The molecule has 0 aliphatic rings. The zero-order valence-electron chi connectivity index (χ0n) is 18.7. The van der Waals surface area contributed by atoms with E-state index in [4.69, 9.17) is 15.9 Å². The average Bonchev–Trinajstić information content (AvgIpc) is 2.86. The van der Waals surface area contributed by atoms with E-state index in [1.54, 1.807) is 36.4 Å². The summed E-state index contributed by atoms with van der Waals surface area (Å²) in [5, 5.41) is 4.56. The van der Waals surface area contributed by atoms with Crippen LogP contribution in [-0.4, -0.2) is 29.6 Å². The molecule has 0 saturated heterocycles. The highest BCUT2D eigenvalue weighted by Crippen LogP contribution is 2.34. The lowest BCUT2D eigenvalue weighted by molar-refractivity contribution is -0.137. The summed E-state index contributed by atoms with van der Waals surface area (Å²) >= 11 is 3.38. The minimum atomic E-state index is -4.57. The molecule has 36 heavy (non-hydrogen) atoms. The normalized spacial score (nSPS) is 11.6. The Hall–Kier alpha value is -4.10. The lowest BCUT2D eigenvalue weighted by Crippen LogP contribution is -2.20. The number of hydrogen-bond donors (Lipinski definition) is 0. The van der Waals surface area contributed by atoms with Crippen molar-refractivity contribution in [2.24, 2.45) is 5.10 Å². The molecule has 0 spiro atoms. The highest BCUT2D eigenvalue weighted by molar-refractivity contribution is 9.10. The molecule has 1 aromatic heterocycles. The van der Waals surface area contributed by atoms with E-state index in [1.807, 2.05) is 0 Å². The van der Waals surface area contributed by atoms with Crippen molar-refractivity contribution in [1.82, 2.24) is 9.66 Å². The minimum absolute atomic E-state index is 0.0498. The number of ether oxygens (including phenoxy) is 2. The maximum Gasteiger partial charge on any atom is 0.416 e. The van der Waals surface area contributed by atoms with Crippen molar-refractivity contribution in [3.63, 3.8) is 0 Å². The first kappa shape index (κ1) is 25.0. The first-order valence-corrected chi connectivity index (χ1v) is 11.2. The highest BCUT2D eigenvalue weighted by Gasteiger charge is 2.31. The molecule has 0 amide bonds. The number of methoxy groups -OCH3 is 1. The number of para-hydroxylation sites is 1. The van der Waals surface area contributed by atoms with Gasteiger partial charge in [-0.15, -0.1) is 6.42 Å². The van der Waals surface area contributed by atoms with Gasteiger partial charge in [0.05, 0.1) is 29.8 Å². The summed E-state index contributed by atoms with van der Waals surface area (Å²) in [6.45, 7) is -0.0498. The van der Waals surface area contributed by atoms with Gasteiger partial charge in [-0.3, -0.25) is 4.79 Å². The Morgan fingerprint density at radius 1 is 1.17 bits per heavy atom. The zero-order chi connectivity index (χ0) is 25.9. The van der Waals surface area contributed by atoms with Gasteiger partial charge < -0.3 is 9.47 Å². The van der Waals surface area contributed by atoms with Crippen LogP contribution >= 0.6 is 15.9 Å². The number of fused-ring (bicyclic) bond motifs is 1. The molecule has 10 heteroatoms. The van der Waals surface area contributed by atoms with E-state index in [-0.39, 0.29) is 29.1 Å². The van der Waals surface area contributed by atoms with Gasteiger partial charge in [-0.05, 0) is 36.4 Å². The van der Waals surface area contributed by atoms with Crippen LogP contribution in [0.4, 0.5) is 13.2 Å². The molecular formula is C26H17BrF3N3O3. The average molecular weight is 556 g/mol. The highest BCUT2D eigenvalue weighted by atomic mass is 79.9. The fourth-order valence-electron chi connectivity index (χ4n) is 3.48. The van der Waals surface area contributed by atoms with E-state index in [2.05, 4.69) is 31.9 Å². The fourth-order valence-corrected chi connectivity index (χ4v) is 3.93. The molecule has 4 rings (SSSR count). The van der Waals surface area contributed by atoms with Crippen LogP contribution in [0.3, 0.4) is 0 Å². The summed E-state index contributed by atoms with van der Waals surface area (Å²) in [5.74, 6) is 2.95. The number of rotatable bonds is 6. The standard InChI is InChI=1S/C26H17BrF3N3O3/c1-3-11-36-23-17(13-19(27)14-22(23)35-2)15-31-33-24(16-7-6-8-18(12-16)26(28,29)30)32-21-10-5-4-9-20(21)25(33)34/h1,4-10,12-15H,11H2,2H3. The van der Waals surface area contributed by atoms with Crippen molar-refractivity contribution in [2.75, 3.05) is 13.7 Å². The molecule has 0 radical (unpaired) electrons. The topological polar surface area (TPSA) is 65.7 Å². The van der Waals surface area contributed by atoms with Crippen LogP contribution in [0.2, 0.25) is 0 Å². The van der Waals surface area contributed by atoms with Crippen LogP contribution in [0, 0.1) is 12.3 Å². The molecular weight excluding hydrogens is 539 g/mol. The third kappa shape index (κ3) is 5.11. The summed E-state index contributed by atoms with van der Waals surface area (Å²) in [4.78, 5) is 17.8. The van der Waals surface area contributed by atoms with E-state index in [0.717, 1.165) is 16.8 Å². The number of halogens is 4. The van der Waals surface area contributed by atoms with E-state index in [1.165, 1.54) is 25.5 Å². The van der Waals surface area contributed by atoms with Crippen molar-refractivity contribution in [3.8, 4) is 35.2 Å². The number of aromatic nitrogens is 2. The second-order valence-corrected chi connectivity index (χ2v) is 8.33. The third-order valence-electron chi connectivity index (χ3n) is 5.08. The maximum atomic E-state index is 13.4. The largest absolute Gasteiger partial charge is 0.493 e. The molecule has 182 valence electrons. The molecule has 6 nitrogen and oxygen atoms in total. The Kier molecular flexibility index (Phi) is 7.12. The molecule has 4 aromatic rings. The van der Waals surface area contributed by atoms with Crippen LogP contribution in [-0.2, 0) is 6.18 Å². The Morgan fingerprint density at radius 3 is 2.67 bits per heavy atom. The number of hydrogen-bond acceptors (Lipinski definition) is 5. The van der Waals surface area contributed by atoms with Gasteiger partial charge in [0.1, 0.15) is 6.61 Å². The summed E-state index contributed by atoms with van der Waals surface area (Å²) in [5.41, 5.74) is -0.632. The quantitative estimate of drug-likeness (QED) is 0.224. The molecule has 0 atom stereocenters. The minimum Gasteiger partial charge on any atom is -0.493 e. The van der Waals surface area contributed by atoms with Crippen molar-refractivity contribution in [2.45, 2.75) is 6.18 Å². The van der Waals surface area contributed by atoms with Crippen LogP contribution in [0.5, 0.6) is 11.5 Å². The molecule has 0 saturated carbocycles. The summed E-state index contributed by atoms with van der Waals surface area (Å²) in [6, 6.07) is 14.4. The summed E-state index contributed by atoms with van der Waals surface area (Å²) in [6.07, 6.45) is 2.08. The smallest absolute Gasteiger partial charge is 0.416 e. The van der Waals surface area contributed by atoms with Crippen molar-refractivity contribution in [3.05, 3.63) is 86.6 Å². The Bertz CT molecular complexity index is 1570. The molecule has 0 N–H and O–H groups in total. The van der Waals surface area contributed by atoms with Crippen LogP contribution in [0.15, 0.2) is 75.0 Å². The fraction of sp³-hybridized carbons (Fsp3) is 0.115. The predicted molar refractivity (Wildman–Crippen MR) is 134 cm³/mol. The first-order chi connectivity index (χ1) is 17.2. The van der Waals surface area contributed by atoms with Gasteiger partial charge in [-0.25, -0.2) is 4.98 Å². The van der Waals surface area contributed by atoms with Gasteiger partial charge in [-0.1, -0.05) is 46.1 Å². The molecule has 0 bridgehead atoms. The number of benzene rings is 3. The van der Waals surface area contributed by atoms with Gasteiger partial charge in [0, 0.05) is 15.6 Å². The monoisotopic (exact) mass is 555 g/mol. The van der Waals surface area contributed by atoms with Crippen molar-refractivity contribution < 1.29 is 22.6 Å². The number of terminal acetylenes is 1. The second kappa shape index (κ2) is 10.3. The van der Waals surface area contributed by atoms with E-state index in [0.29, 0.717) is 21.3 Å². The van der Waals surface area contributed by atoms with Gasteiger partial charge >= 0.3 is 6.18 Å². The molecule has 3 aromatic carbocycles. The SMILES string of the molecule is C#CCOc1c(C=Nn2c(-c3cccc(C(F)(F)F)c3)nc3ccccc3c2=O)cc(Br)cc1OC. The Morgan fingerprint density at radius 2 is 1.94 bits per heavy atom. The zero-order valence-corrected chi connectivity index (χ0v) is 20.3. The first-order valence-electron chi connectivity index (χ1n) is 10.4. The third-order valence-corrected chi connectivity index (χ3v) is 5.54. The Balaban J connectivity index is 1.94. The van der Waals surface area contributed by atoms with E-state index < -0.39 is 17.3 Å². The molecule has 0 aliphatic heterocycles. The maximum absolute atomic E-state index is 13.4. The van der Waals surface area contributed by atoms with Crippen LogP contribution in [0.1, 0.15) is 11.1 Å². The predicted octanol–water partition coefficient (Wildman–Crippen LogP) is 5.75. The number of alkyl halides is 3. The van der Waals surface area contributed by atoms with Gasteiger partial charge in [0.2, 0.25) is 0 Å². The van der Waals surface area contributed by atoms with Crippen molar-refractivity contribution in [1.29, 1.82) is 0 Å².